The Balaban J connectivity index is 2.29. The van der Waals surface area contributed by atoms with Crippen molar-refractivity contribution < 1.29 is 9.84 Å². The predicted octanol–water partition coefficient (Wildman–Crippen LogP) is 1.70. The third-order valence-electron chi connectivity index (χ3n) is 2.36. The lowest BCUT2D eigenvalue weighted by Gasteiger charge is -2.18. The Morgan fingerprint density at radius 1 is 1.36 bits per heavy atom. The predicted molar refractivity (Wildman–Crippen MR) is 54.7 cm³/mol. The molecule has 0 atom stereocenters. The number of nitrogens with zero attached hydrogens (tertiary/aromatic N) is 1. The fourth-order valence-electron chi connectivity index (χ4n) is 1.55. The summed E-state index contributed by atoms with van der Waals surface area (Å²) in [7, 11) is 0. The van der Waals surface area contributed by atoms with Gasteiger partial charge in [0.15, 0.2) is 6.73 Å². The minimum absolute atomic E-state index is 0.0146. The summed E-state index contributed by atoms with van der Waals surface area (Å²) in [6, 6.07) is 9.90. The SMILES string of the molecule is CC1=C(CO)N(c2ccccc2)CO1. The van der Waals surface area contributed by atoms with Gasteiger partial charge in [-0.1, -0.05) is 18.2 Å². The molecule has 0 saturated carbocycles. The van der Waals surface area contributed by atoms with E-state index in [0.717, 1.165) is 17.1 Å². The number of rotatable bonds is 2. The summed E-state index contributed by atoms with van der Waals surface area (Å²) in [5, 5.41) is 9.19. The Kier molecular flexibility index (Phi) is 2.41. The Hall–Kier alpha value is -1.48. The maximum Gasteiger partial charge on any atom is 0.165 e. The number of para-hydroxylation sites is 1. The monoisotopic (exact) mass is 191 g/mol. The number of allylic oxidation sites excluding steroid dienone is 1. The van der Waals surface area contributed by atoms with Crippen molar-refractivity contribution >= 4 is 5.69 Å². The molecule has 0 bridgehead atoms. The van der Waals surface area contributed by atoms with Gasteiger partial charge in [-0.25, -0.2) is 0 Å². The lowest BCUT2D eigenvalue weighted by molar-refractivity contribution is 0.247. The molecule has 0 aliphatic carbocycles. The first-order valence-electron chi connectivity index (χ1n) is 4.59. The molecule has 2 rings (SSSR count). The van der Waals surface area contributed by atoms with Crippen LogP contribution in [-0.4, -0.2) is 18.4 Å². The van der Waals surface area contributed by atoms with E-state index in [9.17, 15) is 5.11 Å². The molecule has 1 heterocycles. The van der Waals surface area contributed by atoms with Gasteiger partial charge in [-0.15, -0.1) is 0 Å². The topological polar surface area (TPSA) is 32.7 Å². The zero-order valence-electron chi connectivity index (χ0n) is 8.10. The van der Waals surface area contributed by atoms with Crippen LogP contribution in [0.1, 0.15) is 6.92 Å². The standard InChI is InChI=1S/C11H13NO2/c1-9-11(7-13)12(8-14-9)10-5-3-2-4-6-10/h2-6,13H,7-8H2,1H3. The van der Waals surface area contributed by atoms with Crippen LogP contribution in [0, 0.1) is 0 Å². The Morgan fingerprint density at radius 2 is 2.07 bits per heavy atom. The van der Waals surface area contributed by atoms with Gasteiger partial charge in [-0.3, -0.25) is 0 Å². The number of ether oxygens (including phenoxy) is 1. The number of aliphatic hydroxyl groups excluding tert-OH is 1. The van der Waals surface area contributed by atoms with Gasteiger partial charge < -0.3 is 14.7 Å². The minimum Gasteiger partial charge on any atom is -0.475 e. The maximum atomic E-state index is 9.19. The van der Waals surface area contributed by atoms with Gasteiger partial charge >= 0.3 is 0 Å². The summed E-state index contributed by atoms with van der Waals surface area (Å²) in [4.78, 5) is 1.97. The quantitative estimate of drug-likeness (QED) is 0.772. The second-order valence-electron chi connectivity index (χ2n) is 3.20. The Bertz CT molecular complexity index is 346. The van der Waals surface area contributed by atoms with Crippen LogP contribution in [0.3, 0.4) is 0 Å². The van der Waals surface area contributed by atoms with E-state index in [4.69, 9.17) is 4.74 Å². The molecule has 1 N–H and O–H groups in total. The van der Waals surface area contributed by atoms with E-state index in [-0.39, 0.29) is 6.61 Å². The molecule has 1 aromatic carbocycles. The first-order chi connectivity index (χ1) is 6.83. The average Bonchev–Trinajstić information content (AvgIpc) is 2.61. The number of anilines is 1. The van der Waals surface area contributed by atoms with Gasteiger partial charge in [0.25, 0.3) is 0 Å². The van der Waals surface area contributed by atoms with Gasteiger partial charge in [0.1, 0.15) is 5.76 Å². The lowest BCUT2D eigenvalue weighted by atomic mass is 10.2. The van der Waals surface area contributed by atoms with Gasteiger partial charge in [-0.2, -0.15) is 0 Å². The summed E-state index contributed by atoms with van der Waals surface area (Å²) in [6.45, 7) is 2.38. The van der Waals surface area contributed by atoms with E-state index in [1.165, 1.54) is 0 Å². The van der Waals surface area contributed by atoms with Crippen LogP contribution in [0.15, 0.2) is 41.8 Å². The van der Waals surface area contributed by atoms with Crippen molar-refractivity contribution in [2.45, 2.75) is 6.92 Å². The first-order valence-corrected chi connectivity index (χ1v) is 4.59. The van der Waals surface area contributed by atoms with Crippen molar-refractivity contribution in [2.24, 2.45) is 0 Å². The van der Waals surface area contributed by atoms with Crippen LogP contribution in [0.4, 0.5) is 5.69 Å². The summed E-state index contributed by atoms with van der Waals surface area (Å²) in [5.74, 6) is 0.802. The van der Waals surface area contributed by atoms with Gasteiger partial charge in [0.2, 0.25) is 0 Å². The van der Waals surface area contributed by atoms with E-state index < -0.39 is 0 Å². The van der Waals surface area contributed by atoms with E-state index in [0.29, 0.717) is 6.73 Å². The number of hydrogen-bond donors (Lipinski definition) is 1. The Morgan fingerprint density at radius 3 is 2.71 bits per heavy atom. The van der Waals surface area contributed by atoms with Gasteiger partial charge in [0, 0.05) is 5.69 Å². The summed E-state index contributed by atoms with van der Waals surface area (Å²) < 4.78 is 5.37. The highest BCUT2D eigenvalue weighted by molar-refractivity contribution is 5.53. The molecule has 0 fully saturated rings. The third kappa shape index (κ3) is 1.46. The number of hydrogen-bond acceptors (Lipinski definition) is 3. The number of benzene rings is 1. The van der Waals surface area contributed by atoms with E-state index >= 15 is 0 Å². The molecule has 3 heteroatoms. The van der Waals surface area contributed by atoms with Crippen LogP contribution in [0.5, 0.6) is 0 Å². The molecule has 1 aliphatic heterocycles. The van der Waals surface area contributed by atoms with E-state index in [1.54, 1.807) is 0 Å². The lowest BCUT2D eigenvalue weighted by Crippen LogP contribution is -2.20. The molecule has 3 nitrogen and oxygen atoms in total. The van der Waals surface area contributed by atoms with Crippen molar-refractivity contribution in [3.63, 3.8) is 0 Å². The highest BCUT2D eigenvalue weighted by atomic mass is 16.5. The molecule has 14 heavy (non-hydrogen) atoms. The van der Waals surface area contributed by atoms with Crippen LogP contribution in [-0.2, 0) is 4.74 Å². The van der Waals surface area contributed by atoms with Crippen LogP contribution in [0.2, 0.25) is 0 Å². The molecule has 1 aromatic rings. The highest BCUT2D eigenvalue weighted by Gasteiger charge is 2.21. The van der Waals surface area contributed by atoms with Crippen molar-refractivity contribution in [1.29, 1.82) is 0 Å². The van der Waals surface area contributed by atoms with E-state index in [1.807, 2.05) is 42.2 Å². The summed E-state index contributed by atoms with van der Waals surface area (Å²) >= 11 is 0. The second-order valence-corrected chi connectivity index (χ2v) is 3.20. The molecular formula is C11H13NO2. The summed E-state index contributed by atoms with van der Waals surface area (Å²) in [6.07, 6.45) is 0. The van der Waals surface area contributed by atoms with Crippen LogP contribution < -0.4 is 4.90 Å². The van der Waals surface area contributed by atoms with Crippen LogP contribution >= 0.6 is 0 Å². The molecule has 0 amide bonds. The zero-order valence-corrected chi connectivity index (χ0v) is 8.10. The smallest absolute Gasteiger partial charge is 0.165 e. The largest absolute Gasteiger partial charge is 0.475 e. The fourth-order valence-corrected chi connectivity index (χ4v) is 1.55. The molecule has 0 radical (unpaired) electrons. The fraction of sp³-hybridized carbons (Fsp3) is 0.273. The minimum atomic E-state index is 0.0146. The van der Waals surface area contributed by atoms with Crippen LogP contribution in [0.25, 0.3) is 0 Å². The first kappa shape index (κ1) is 9.09. The molecule has 0 saturated heterocycles. The third-order valence-corrected chi connectivity index (χ3v) is 2.36. The molecule has 1 aliphatic rings. The van der Waals surface area contributed by atoms with Gasteiger partial charge in [0.05, 0.1) is 12.3 Å². The van der Waals surface area contributed by atoms with Crippen molar-refractivity contribution in [3.05, 3.63) is 41.8 Å². The molecule has 0 aromatic heterocycles. The second kappa shape index (κ2) is 3.72. The Labute approximate surface area is 83.2 Å². The molecular weight excluding hydrogens is 178 g/mol. The average molecular weight is 191 g/mol. The normalized spacial score (nSPS) is 16.0. The van der Waals surface area contributed by atoms with Gasteiger partial charge in [-0.05, 0) is 19.1 Å². The molecule has 0 spiro atoms. The maximum absolute atomic E-state index is 9.19. The van der Waals surface area contributed by atoms with Crippen molar-refractivity contribution in [3.8, 4) is 0 Å². The molecule has 74 valence electrons. The van der Waals surface area contributed by atoms with E-state index in [2.05, 4.69) is 0 Å². The summed E-state index contributed by atoms with van der Waals surface area (Å²) in [5.41, 5.74) is 1.89. The van der Waals surface area contributed by atoms with Crippen molar-refractivity contribution in [2.75, 3.05) is 18.2 Å². The number of aliphatic hydroxyl groups is 1. The highest BCUT2D eigenvalue weighted by Crippen LogP contribution is 2.26. The van der Waals surface area contributed by atoms with Crippen molar-refractivity contribution in [1.82, 2.24) is 0 Å². The zero-order chi connectivity index (χ0) is 9.97. The molecule has 0 unspecified atom stereocenters.